The number of halogens is 1. The number of likely N-dealkylation sites (N-methyl/N-ethyl adjacent to an activating group) is 1. The van der Waals surface area contributed by atoms with E-state index in [9.17, 15) is 9.59 Å². The highest BCUT2D eigenvalue weighted by atomic mass is 127. The van der Waals surface area contributed by atoms with E-state index in [1.807, 2.05) is 13.0 Å². The summed E-state index contributed by atoms with van der Waals surface area (Å²) >= 11 is 3.47. The Kier molecular flexibility index (Phi) is 8.66. The molecule has 0 spiro atoms. The SMILES string of the molecule is CNC(=O)[C@@H](N)COC(=O)Nc1cc(SOC)cc(CI)c1C. The van der Waals surface area contributed by atoms with E-state index in [1.54, 1.807) is 13.2 Å². The van der Waals surface area contributed by atoms with Crippen molar-refractivity contribution in [2.45, 2.75) is 22.3 Å². The molecular weight excluding hydrogens is 433 g/mol. The first-order chi connectivity index (χ1) is 10.9. The number of amides is 2. The van der Waals surface area contributed by atoms with Gasteiger partial charge in [-0.05, 0) is 30.2 Å². The predicted octanol–water partition coefficient (Wildman–Crippen LogP) is 2.21. The molecule has 0 aromatic heterocycles. The van der Waals surface area contributed by atoms with E-state index in [2.05, 4.69) is 33.2 Å². The smallest absolute Gasteiger partial charge is 0.411 e. The van der Waals surface area contributed by atoms with Gasteiger partial charge in [-0.15, -0.1) is 0 Å². The van der Waals surface area contributed by atoms with Crippen molar-refractivity contribution in [3.63, 3.8) is 0 Å². The van der Waals surface area contributed by atoms with Gasteiger partial charge in [-0.3, -0.25) is 10.1 Å². The van der Waals surface area contributed by atoms with Crippen LogP contribution in [0, 0.1) is 6.92 Å². The minimum atomic E-state index is -0.896. The summed E-state index contributed by atoms with van der Waals surface area (Å²) in [4.78, 5) is 24.0. The van der Waals surface area contributed by atoms with Crippen LogP contribution in [0.4, 0.5) is 10.5 Å². The molecule has 0 aliphatic rings. The maximum absolute atomic E-state index is 11.9. The molecule has 1 aromatic carbocycles. The van der Waals surface area contributed by atoms with Gasteiger partial charge in [0.05, 0.1) is 7.11 Å². The van der Waals surface area contributed by atoms with Crippen LogP contribution in [0.3, 0.4) is 0 Å². The van der Waals surface area contributed by atoms with Gasteiger partial charge in [-0.1, -0.05) is 22.6 Å². The normalized spacial score (nSPS) is 11.7. The van der Waals surface area contributed by atoms with Crippen molar-refractivity contribution in [1.82, 2.24) is 5.32 Å². The molecule has 0 saturated heterocycles. The Morgan fingerprint density at radius 3 is 2.70 bits per heavy atom. The number of hydrogen-bond donors (Lipinski definition) is 3. The van der Waals surface area contributed by atoms with Crippen LogP contribution >= 0.6 is 34.6 Å². The summed E-state index contributed by atoms with van der Waals surface area (Å²) in [5.41, 5.74) is 8.25. The van der Waals surface area contributed by atoms with Gasteiger partial charge in [0.2, 0.25) is 5.91 Å². The molecule has 0 unspecified atom stereocenters. The molecule has 23 heavy (non-hydrogen) atoms. The van der Waals surface area contributed by atoms with Gasteiger partial charge >= 0.3 is 6.09 Å². The van der Waals surface area contributed by atoms with Gasteiger partial charge < -0.3 is 20.0 Å². The molecule has 0 saturated carbocycles. The molecule has 2 amide bonds. The summed E-state index contributed by atoms with van der Waals surface area (Å²) < 4.78 is 10.8. The zero-order valence-corrected chi connectivity index (χ0v) is 16.1. The van der Waals surface area contributed by atoms with E-state index in [1.165, 1.54) is 19.1 Å². The molecule has 9 heteroatoms. The molecular formula is C14H20IN3O4S. The summed E-state index contributed by atoms with van der Waals surface area (Å²) in [6.07, 6.45) is -0.661. The third-order valence-electron chi connectivity index (χ3n) is 3.03. The summed E-state index contributed by atoms with van der Waals surface area (Å²) in [7, 11) is 3.05. The van der Waals surface area contributed by atoms with E-state index in [4.69, 9.17) is 14.7 Å². The van der Waals surface area contributed by atoms with Crippen molar-refractivity contribution in [3.05, 3.63) is 23.3 Å². The van der Waals surface area contributed by atoms with Crippen LogP contribution in [0.2, 0.25) is 0 Å². The number of alkyl halides is 1. The van der Waals surface area contributed by atoms with Crippen molar-refractivity contribution in [3.8, 4) is 0 Å². The zero-order chi connectivity index (χ0) is 17.4. The van der Waals surface area contributed by atoms with E-state index >= 15 is 0 Å². The Hall–Kier alpha value is -1.04. The maximum atomic E-state index is 11.9. The largest absolute Gasteiger partial charge is 0.447 e. The Morgan fingerprint density at radius 2 is 2.13 bits per heavy atom. The number of anilines is 1. The van der Waals surface area contributed by atoms with Crippen molar-refractivity contribution in [1.29, 1.82) is 0 Å². The van der Waals surface area contributed by atoms with Gasteiger partial charge in [-0.25, -0.2) is 4.79 Å². The summed E-state index contributed by atoms with van der Waals surface area (Å²) in [5, 5.41) is 5.07. The van der Waals surface area contributed by atoms with E-state index in [0.29, 0.717) is 5.69 Å². The molecule has 1 rings (SSSR count). The molecule has 1 atom stereocenters. The number of nitrogens with two attached hydrogens (primary N) is 1. The molecule has 0 heterocycles. The van der Waals surface area contributed by atoms with Crippen LogP contribution in [0.15, 0.2) is 17.0 Å². The second-order valence-electron chi connectivity index (χ2n) is 4.58. The summed E-state index contributed by atoms with van der Waals surface area (Å²) in [5.74, 6) is -0.389. The third-order valence-corrected chi connectivity index (χ3v) is 4.44. The van der Waals surface area contributed by atoms with E-state index < -0.39 is 12.1 Å². The van der Waals surface area contributed by atoms with Gasteiger partial charge in [0, 0.05) is 34.1 Å². The number of carbonyl (C=O) groups is 2. The van der Waals surface area contributed by atoms with Crippen LogP contribution < -0.4 is 16.4 Å². The van der Waals surface area contributed by atoms with Gasteiger partial charge in [-0.2, -0.15) is 0 Å². The lowest BCUT2D eigenvalue weighted by Crippen LogP contribution is -2.42. The molecule has 7 nitrogen and oxygen atoms in total. The average Bonchev–Trinajstić information content (AvgIpc) is 2.54. The summed E-state index contributed by atoms with van der Waals surface area (Å²) in [6.45, 7) is 1.72. The van der Waals surface area contributed by atoms with Crippen LogP contribution in [0.1, 0.15) is 11.1 Å². The minimum absolute atomic E-state index is 0.198. The highest BCUT2D eigenvalue weighted by molar-refractivity contribution is 14.1. The highest BCUT2D eigenvalue weighted by Crippen LogP contribution is 2.29. The number of rotatable bonds is 7. The average molecular weight is 453 g/mol. The first kappa shape index (κ1) is 20.0. The van der Waals surface area contributed by atoms with Crippen molar-refractivity contribution in [2.75, 3.05) is 26.1 Å². The predicted molar refractivity (Wildman–Crippen MR) is 98.8 cm³/mol. The Balaban J connectivity index is 2.77. The van der Waals surface area contributed by atoms with Crippen LogP contribution in [0.5, 0.6) is 0 Å². The van der Waals surface area contributed by atoms with Gasteiger partial charge in [0.1, 0.15) is 12.6 Å². The van der Waals surface area contributed by atoms with E-state index in [0.717, 1.165) is 20.4 Å². The fraction of sp³-hybridized carbons (Fsp3) is 0.429. The molecule has 0 radical (unpaired) electrons. The van der Waals surface area contributed by atoms with Crippen molar-refractivity contribution < 1.29 is 18.5 Å². The standard InChI is InChI=1S/C14H20IN3O4S/c1-8-9(6-15)4-10(23-21-3)5-12(8)18-14(20)22-7-11(16)13(19)17-2/h4-5,11H,6-7,16H2,1-3H3,(H,17,19)(H,18,20)/t11-/m0/s1. The monoisotopic (exact) mass is 453 g/mol. The Bertz CT molecular complexity index is 571. The number of benzene rings is 1. The minimum Gasteiger partial charge on any atom is -0.447 e. The molecule has 0 fully saturated rings. The van der Waals surface area contributed by atoms with Gasteiger partial charge in [0.25, 0.3) is 0 Å². The second-order valence-corrected chi connectivity index (χ2v) is 6.32. The summed E-state index contributed by atoms with van der Waals surface area (Å²) in [6, 6.07) is 2.92. The fourth-order valence-corrected chi connectivity index (χ4v) is 3.07. The molecule has 0 aliphatic carbocycles. The highest BCUT2D eigenvalue weighted by Gasteiger charge is 2.15. The third kappa shape index (κ3) is 6.16. The van der Waals surface area contributed by atoms with Crippen LogP contribution in [-0.2, 0) is 18.1 Å². The molecule has 0 bridgehead atoms. The first-order valence-corrected chi connectivity index (χ1v) is 9.00. The number of hydrogen-bond acceptors (Lipinski definition) is 6. The van der Waals surface area contributed by atoms with Gasteiger partial charge in [0.15, 0.2) is 0 Å². The fourth-order valence-electron chi connectivity index (χ4n) is 1.73. The lowest BCUT2D eigenvalue weighted by Gasteiger charge is -2.15. The topological polar surface area (TPSA) is 103 Å². The van der Waals surface area contributed by atoms with Crippen molar-refractivity contribution >= 4 is 52.3 Å². The number of nitrogens with one attached hydrogen (secondary N) is 2. The first-order valence-electron chi connectivity index (χ1n) is 6.74. The van der Waals surface area contributed by atoms with Crippen LogP contribution in [0.25, 0.3) is 0 Å². The zero-order valence-electron chi connectivity index (χ0n) is 13.1. The lowest BCUT2D eigenvalue weighted by molar-refractivity contribution is -0.122. The number of ether oxygens (including phenoxy) is 1. The lowest BCUT2D eigenvalue weighted by atomic mass is 10.1. The molecule has 4 N–H and O–H groups in total. The quantitative estimate of drug-likeness (QED) is 0.333. The second kappa shape index (κ2) is 9.96. The van der Waals surface area contributed by atoms with Crippen molar-refractivity contribution in [2.24, 2.45) is 5.73 Å². The molecule has 1 aromatic rings. The Labute approximate surface area is 153 Å². The van der Waals surface area contributed by atoms with E-state index in [-0.39, 0.29) is 12.5 Å². The molecule has 128 valence electrons. The molecule has 0 aliphatic heterocycles. The maximum Gasteiger partial charge on any atom is 0.411 e. The van der Waals surface area contributed by atoms with Crippen LogP contribution in [-0.4, -0.2) is 38.8 Å². The number of carbonyl (C=O) groups excluding carboxylic acids is 2. The Morgan fingerprint density at radius 1 is 1.43 bits per heavy atom.